The molecule has 0 saturated heterocycles. The molecular formula is C10H15NO3. The number of methoxy groups -OCH3 is 1. The lowest BCUT2D eigenvalue weighted by Gasteiger charge is -2.12. The Balaban J connectivity index is 2.13. The van der Waals surface area contributed by atoms with Crippen molar-refractivity contribution in [2.24, 2.45) is 0 Å². The van der Waals surface area contributed by atoms with E-state index in [1.54, 1.807) is 7.11 Å². The number of rotatable bonds is 6. The van der Waals surface area contributed by atoms with E-state index in [9.17, 15) is 9.59 Å². The average molecular weight is 197 g/mol. The lowest BCUT2D eigenvalue weighted by atomic mass is 10.2. The molecule has 0 spiro atoms. The van der Waals surface area contributed by atoms with Gasteiger partial charge in [-0.2, -0.15) is 0 Å². The SMILES string of the molecule is COCCCCCN1C(=O)C=CC1=O. The molecule has 0 aromatic carbocycles. The number of imide groups is 1. The van der Waals surface area contributed by atoms with E-state index in [0.29, 0.717) is 6.54 Å². The standard InChI is InChI=1S/C10H15NO3/c1-14-8-4-2-3-7-11-9(12)5-6-10(11)13/h5-6H,2-4,7-8H2,1H3. The van der Waals surface area contributed by atoms with Crippen LogP contribution in [-0.4, -0.2) is 37.0 Å². The van der Waals surface area contributed by atoms with Crippen LogP contribution in [0.15, 0.2) is 12.2 Å². The molecule has 0 aromatic heterocycles. The number of amides is 2. The lowest BCUT2D eigenvalue weighted by Crippen LogP contribution is -2.30. The summed E-state index contributed by atoms with van der Waals surface area (Å²) in [6, 6.07) is 0. The van der Waals surface area contributed by atoms with Gasteiger partial charge in [0, 0.05) is 32.4 Å². The van der Waals surface area contributed by atoms with Gasteiger partial charge in [-0.15, -0.1) is 0 Å². The highest BCUT2D eigenvalue weighted by Crippen LogP contribution is 2.06. The summed E-state index contributed by atoms with van der Waals surface area (Å²) < 4.78 is 4.90. The molecule has 0 saturated carbocycles. The summed E-state index contributed by atoms with van der Waals surface area (Å²) in [4.78, 5) is 23.5. The van der Waals surface area contributed by atoms with Gasteiger partial charge >= 0.3 is 0 Å². The number of nitrogens with zero attached hydrogens (tertiary/aromatic N) is 1. The number of hydrogen-bond donors (Lipinski definition) is 0. The normalized spacial score (nSPS) is 15.6. The third-order valence-corrected chi connectivity index (χ3v) is 2.13. The Kier molecular flexibility index (Phi) is 4.32. The second-order valence-electron chi connectivity index (χ2n) is 3.21. The van der Waals surface area contributed by atoms with Gasteiger partial charge in [-0.05, 0) is 19.3 Å². The first-order chi connectivity index (χ1) is 6.75. The third kappa shape index (κ3) is 2.96. The Morgan fingerprint density at radius 3 is 2.36 bits per heavy atom. The van der Waals surface area contributed by atoms with Gasteiger partial charge in [-0.1, -0.05) is 0 Å². The van der Waals surface area contributed by atoms with Crippen LogP contribution >= 0.6 is 0 Å². The maximum absolute atomic E-state index is 11.1. The smallest absolute Gasteiger partial charge is 0.253 e. The third-order valence-electron chi connectivity index (χ3n) is 2.13. The summed E-state index contributed by atoms with van der Waals surface area (Å²) >= 11 is 0. The topological polar surface area (TPSA) is 46.6 Å². The molecule has 0 atom stereocenters. The van der Waals surface area contributed by atoms with Gasteiger partial charge in [0.25, 0.3) is 11.8 Å². The molecule has 4 heteroatoms. The maximum Gasteiger partial charge on any atom is 0.253 e. The van der Waals surface area contributed by atoms with Gasteiger partial charge in [0.05, 0.1) is 0 Å². The molecule has 1 heterocycles. The van der Waals surface area contributed by atoms with Crippen LogP contribution in [0.5, 0.6) is 0 Å². The van der Waals surface area contributed by atoms with Crippen molar-refractivity contribution >= 4 is 11.8 Å². The van der Waals surface area contributed by atoms with Crippen molar-refractivity contribution in [3.63, 3.8) is 0 Å². The number of ether oxygens (including phenoxy) is 1. The highest BCUT2D eigenvalue weighted by Gasteiger charge is 2.21. The quantitative estimate of drug-likeness (QED) is 0.466. The predicted molar refractivity (Wildman–Crippen MR) is 51.6 cm³/mol. The van der Waals surface area contributed by atoms with Crippen molar-refractivity contribution in [1.82, 2.24) is 4.90 Å². The van der Waals surface area contributed by atoms with E-state index >= 15 is 0 Å². The van der Waals surface area contributed by atoms with E-state index in [4.69, 9.17) is 4.74 Å². The zero-order valence-electron chi connectivity index (χ0n) is 8.36. The Morgan fingerprint density at radius 2 is 1.79 bits per heavy atom. The number of hydrogen-bond acceptors (Lipinski definition) is 3. The lowest BCUT2D eigenvalue weighted by molar-refractivity contribution is -0.136. The fourth-order valence-electron chi connectivity index (χ4n) is 1.34. The number of carbonyl (C=O) groups excluding carboxylic acids is 2. The monoisotopic (exact) mass is 197 g/mol. The van der Waals surface area contributed by atoms with Gasteiger partial charge in [0.1, 0.15) is 0 Å². The summed E-state index contributed by atoms with van der Waals surface area (Å²) in [5.41, 5.74) is 0. The summed E-state index contributed by atoms with van der Waals surface area (Å²) in [5.74, 6) is -0.386. The van der Waals surface area contributed by atoms with Crippen molar-refractivity contribution in [2.75, 3.05) is 20.3 Å². The Hall–Kier alpha value is -1.16. The molecule has 0 aliphatic carbocycles. The first-order valence-corrected chi connectivity index (χ1v) is 4.78. The van der Waals surface area contributed by atoms with Crippen molar-refractivity contribution < 1.29 is 14.3 Å². The highest BCUT2D eigenvalue weighted by atomic mass is 16.5. The molecule has 4 nitrogen and oxygen atoms in total. The predicted octanol–water partition coefficient (Wildman–Crippen LogP) is 0.728. The van der Waals surface area contributed by atoms with Crippen LogP contribution in [0.3, 0.4) is 0 Å². The molecule has 1 aliphatic rings. The van der Waals surface area contributed by atoms with Crippen LogP contribution < -0.4 is 0 Å². The Bertz CT molecular complexity index is 230. The zero-order valence-corrected chi connectivity index (χ0v) is 8.36. The molecular weight excluding hydrogens is 182 g/mol. The van der Waals surface area contributed by atoms with E-state index in [2.05, 4.69) is 0 Å². The minimum atomic E-state index is -0.193. The van der Waals surface area contributed by atoms with Gasteiger partial charge in [0.15, 0.2) is 0 Å². The summed E-state index contributed by atoms with van der Waals surface area (Å²) in [6.45, 7) is 1.26. The molecule has 14 heavy (non-hydrogen) atoms. The highest BCUT2D eigenvalue weighted by molar-refractivity contribution is 6.12. The molecule has 0 radical (unpaired) electrons. The van der Waals surface area contributed by atoms with Crippen LogP contribution in [0.4, 0.5) is 0 Å². The Labute approximate surface area is 83.5 Å². The first kappa shape index (κ1) is 10.9. The fourth-order valence-corrected chi connectivity index (χ4v) is 1.34. The largest absolute Gasteiger partial charge is 0.385 e. The van der Waals surface area contributed by atoms with E-state index in [-0.39, 0.29) is 11.8 Å². The van der Waals surface area contributed by atoms with Gasteiger partial charge in [-0.25, -0.2) is 0 Å². The molecule has 78 valence electrons. The van der Waals surface area contributed by atoms with Crippen molar-refractivity contribution in [2.45, 2.75) is 19.3 Å². The van der Waals surface area contributed by atoms with Crippen LogP contribution in [0.25, 0.3) is 0 Å². The van der Waals surface area contributed by atoms with Gasteiger partial charge < -0.3 is 4.74 Å². The maximum atomic E-state index is 11.1. The molecule has 0 N–H and O–H groups in total. The molecule has 0 fully saturated rings. The van der Waals surface area contributed by atoms with Crippen LogP contribution in [0.2, 0.25) is 0 Å². The average Bonchev–Trinajstić information content (AvgIpc) is 2.48. The number of carbonyl (C=O) groups is 2. The second kappa shape index (κ2) is 5.54. The van der Waals surface area contributed by atoms with Crippen LogP contribution in [-0.2, 0) is 14.3 Å². The zero-order chi connectivity index (χ0) is 10.4. The molecule has 0 unspecified atom stereocenters. The van der Waals surface area contributed by atoms with E-state index in [1.165, 1.54) is 17.1 Å². The summed E-state index contributed by atoms with van der Waals surface area (Å²) in [7, 11) is 1.66. The Morgan fingerprint density at radius 1 is 1.14 bits per heavy atom. The second-order valence-corrected chi connectivity index (χ2v) is 3.21. The minimum Gasteiger partial charge on any atom is -0.385 e. The van der Waals surface area contributed by atoms with Crippen LogP contribution in [0.1, 0.15) is 19.3 Å². The van der Waals surface area contributed by atoms with Gasteiger partial charge in [-0.3, -0.25) is 14.5 Å². The van der Waals surface area contributed by atoms with Gasteiger partial charge in [0.2, 0.25) is 0 Å². The van der Waals surface area contributed by atoms with Crippen molar-refractivity contribution in [1.29, 1.82) is 0 Å². The molecule has 0 aromatic rings. The molecule has 1 aliphatic heterocycles. The summed E-state index contributed by atoms with van der Waals surface area (Å²) in [5, 5.41) is 0. The van der Waals surface area contributed by atoms with E-state index in [0.717, 1.165) is 25.9 Å². The summed E-state index contributed by atoms with van der Waals surface area (Å²) in [6.07, 6.45) is 5.43. The van der Waals surface area contributed by atoms with Crippen molar-refractivity contribution in [3.8, 4) is 0 Å². The fraction of sp³-hybridized carbons (Fsp3) is 0.600. The van der Waals surface area contributed by atoms with Crippen molar-refractivity contribution in [3.05, 3.63) is 12.2 Å². The number of unbranched alkanes of at least 4 members (excludes halogenated alkanes) is 2. The van der Waals surface area contributed by atoms with E-state index < -0.39 is 0 Å². The van der Waals surface area contributed by atoms with E-state index in [1.807, 2.05) is 0 Å². The first-order valence-electron chi connectivity index (χ1n) is 4.78. The van der Waals surface area contributed by atoms with Crippen LogP contribution in [0, 0.1) is 0 Å². The molecule has 1 rings (SSSR count). The minimum absolute atomic E-state index is 0.193. The molecule has 0 bridgehead atoms. The molecule has 2 amide bonds.